The van der Waals surface area contributed by atoms with Gasteiger partial charge in [0.05, 0.1) is 11.1 Å². The average Bonchev–Trinajstić information content (AvgIpc) is 2.40. The first kappa shape index (κ1) is 17.9. The van der Waals surface area contributed by atoms with Gasteiger partial charge in [-0.15, -0.1) is 0 Å². The monoisotopic (exact) mass is 359 g/mol. The number of benzene rings is 1. The molecule has 1 N–H and O–H groups in total. The average molecular weight is 360 g/mol. The maximum absolute atomic E-state index is 5.97. The fraction of sp³-hybridized carbons (Fsp3) is 0.625. The number of hydrogen-bond acceptors (Lipinski definition) is 3. The van der Waals surface area contributed by atoms with Gasteiger partial charge < -0.3 is 10.1 Å². The first-order valence-corrected chi connectivity index (χ1v) is 9.28. The minimum atomic E-state index is 0.664. The number of para-hydroxylation sites is 1. The smallest absolute Gasteiger partial charge is 0.137 e. The van der Waals surface area contributed by atoms with Crippen LogP contribution in [0.4, 0.5) is 0 Å². The second-order valence-corrected chi connectivity index (χ2v) is 7.40. The molecule has 0 aliphatic heterocycles. The number of ether oxygens (including phenoxy) is 1. The van der Waals surface area contributed by atoms with Gasteiger partial charge in [0, 0.05) is 12.1 Å². The van der Waals surface area contributed by atoms with Gasteiger partial charge in [0.25, 0.3) is 0 Å². The Bertz CT molecular complexity index is 385. The minimum absolute atomic E-state index is 0.664. The number of rotatable bonds is 10. The summed E-state index contributed by atoms with van der Waals surface area (Å²) in [6.07, 6.45) is 1.10. The first-order chi connectivity index (χ1) is 9.65. The van der Waals surface area contributed by atoms with E-state index < -0.39 is 0 Å². The van der Waals surface area contributed by atoms with E-state index in [2.05, 4.69) is 54.2 Å². The van der Waals surface area contributed by atoms with E-state index in [1.807, 2.05) is 17.8 Å². The van der Waals surface area contributed by atoms with E-state index in [0.29, 0.717) is 5.92 Å². The Balaban J connectivity index is 2.49. The Kier molecular flexibility index (Phi) is 9.40. The van der Waals surface area contributed by atoms with E-state index >= 15 is 0 Å². The van der Waals surface area contributed by atoms with Crippen LogP contribution < -0.4 is 10.1 Å². The minimum Gasteiger partial charge on any atom is -0.492 e. The molecule has 0 saturated heterocycles. The largest absolute Gasteiger partial charge is 0.492 e. The molecule has 0 saturated carbocycles. The Hall–Kier alpha value is -0.190. The van der Waals surface area contributed by atoms with E-state index in [1.165, 1.54) is 17.1 Å². The van der Waals surface area contributed by atoms with Gasteiger partial charge in [-0.1, -0.05) is 32.9 Å². The highest BCUT2D eigenvalue weighted by atomic mass is 79.9. The maximum atomic E-state index is 5.97. The van der Waals surface area contributed by atoms with Crippen LogP contribution in [0.2, 0.25) is 0 Å². The quantitative estimate of drug-likeness (QED) is 0.610. The van der Waals surface area contributed by atoms with Crippen LogP contribution in [0.15, 0.2) is 22.7 Å². The lowest BCUT2D eigenvalue weighted by atomic mass is 10.2. The van der Waals surface area contributed by atoms with Crippen LogP contribution >= 0.6 is 27.7 Å². The van der Waals surface area contributed by atoms with Crippen LogP contribution in [0.5, 0.6) is 5.75 Å². The molecule has 0 fully saturated rings. The number of hydrogen-bond donors (Lipinski definition) is 1. The molecule has 2 nitrogen and oxygen atoms in total. The van der Waals surface area contributed by atoms with E-state index in [4.69, 9.17) is 4.74 Å². The zero-order valence-electron chi connectivity index (χ0n) is 12.7. The van der Waals surface area contributed by atoms with Crippen molar-refractivity contribution in [2.24, 2.45) is 5.92 Å². The summed E-state index contributed by atoms with van der Waals surface area (Å²) >= 11 is 5.56. The van der Waals surface area contributed by atoms with Crippen LogP contribution in [0.3, 0.4) is 0 Å². The Labute approximate surface area is 136 Å². The molecule has 0 aromatic heterocycles. The molecule has 0 aliphatic rings. The molecule has 0 heterocycles. The summed E-state index contributed by atoms with van der Waals surface area (Å²) in [6, 6.07) is 6.24. The van der Waals surface area contributed by atoms with Crippen molar-refractivity contribution in [1.82, 2.24) is 5.32 Å². The number of thioether (sulfide) groups is 1. The predicted octanol–water partition coefficient (Wildman–Crippen LogP) is 4.72. The Morgan fingerprint density at radius 3 is 2.85 bits per heavy atom. The van der Waals surface area contributed by atoms with Crippen molar-refractivity contribution >= 4 is 27.7 Å². The van der Waals surface area contributed by atoms with Gasteiger partial charge in [0.15, 0.2) is 0 Å². The van der Waals surface area contributed by atoms with Crippen LogP contribution in [0.1, 0.15) is 32.8 Å². The van der Waals surface area contributed by atoms with Gasteiger partial charge in [0.2, 0.25) is 0 Å². The first-order valence-electron chi connectivity index (χ1n) is 7.33. The molecule has 114 valence electrons. The normalized spacial score (nSPS) is 11.1. The van der Waals surface area contributed by atoms with E-state index in [9.17, 15) is 0 Å². The van der Waals surface area contributed by atoms with Gasteiger partial charge >= 0.3 is 0 Å². The summed E-state index contributed by atoms with van der Waals surface area (Å²) < 4.78 is 7.02. The van der Waals surface area contributed by atoms with Crippen molar-refractivity contribution in [3.8, 4) is 5.75 Å². The SMILES string of the molecule is CCSCCCOc1c(Br)cccc1CNCC(C)C. The lowest BCUT2D eigenvalue weighted by molar-refractivity contribution is 0.312. The molecular formula is C16H26BrNOS. The number of nitrogens with one attached hydrogen (secondary N) is 1. The molecule has 4 heteroatoms. The molecule has 0 atom stereocenters. The van der Waals surface area contributed by atoms with E-state index in [1.54, 1.807) is 0 Å². The van der Waals surface area contributed by atoms with Crippen LogP contribution in [-0.4, -0.2) is 24.7 Å². The molecule has 0 unspecified atom stereocenters. The lowest BCUT2D eigenvalue weighted by Crippen LogP contribution is -2.19. The molecule has 0 radical (unpaired) electrons. The fourth-order valence-corrected chi connectivity index (χ4v) is 2.96. The molecule has 1 rings (SSSR count). The molecule has 0 aliphatic carbocycles. The summed E-state index contributed by atoms with van der Waals surface area (Å²) in [5, 5.41) is 3.47. The summed E-state index contributed by atoms with van der Waals surface area (Å²) in [4.78, 5) is 0. The molecule has 0 bridgehead atoms. The molecule has 1 aromatic carbocycles. The van der Waals surface area contributed by atoms with Gasteiger partial charge in [-0.2, -0.15) is 11.8 Å². The van der Waals surface area contributed by atoms with E-state index in [-0.39, 0.29) is 0 Å². The van der Waals surface area contributed by atoms with Crippen LogP contribution in [0, 0.1) is 5.92 Å². The van der Waals surface area contributed by atoms with Crippen LogP contribution in [0.25, 0.3) is 0 Å². The zero-order chi connectivity index (χ0) is 14.8. The van der Waals surface area contributed by atoms with Gasteiger partial charge in [-0.3, -0.25) is 0 Å². The molecule has 0 spiro atoms. The molecular weight excluding hydrogens is 334 g/mol. The highest BCUT2D eigenvalue weighted by Gasteiger charge is 2.08. The third kappa shape index (κ3) is 7.00. The van der Waals surface area contributed by atoms with E-state index in [0.717, 1.165) is 36.3 Å². The maximum Gasteiger partial charge on any atom is 0.137 e. The predicted molar refractivity (Wildman–Crippen MR) is 93.8 cm³/mol. The second kappa shape index (κ2) is 10.5. The topological polar surface area (TPSA) is 21.3 Å². The summed E-state index contributed by atoms with van der Waals surface area (Å²) in [5.74, 6) is 4.00. The van der Waals surface area contributed by atoms with Crippen molar-refractivity contribution in [3.05, 3.63) is 28.2 Å². The Morgan fingerprint density at radius 1 is 1.35 bits per heavy atom. The summed E-state index contributed by atoms with van der Waals surface area (Å²) in [5.41, 5.74) is 1.23. The standard InChI is InChI=1S/C16H26BrNOS/c1-4-20-10-6-9-19-16-14(7-5-8-15(16)17)12-18-11-13(2)3/h5,7-8,13,18H,4,6,9-12H2,1-3H3. The second-order valence-electron chi connectivity index (χ2n) is 5.15. The highest BCUT2D eigenvalue weighted by molar-refractivity contribution is 9.10. The third-order valence-corrected chi connectivity index (χ3v) is 4.41. The van der Waals surface area contributed by atoms with Crippen molar-refractivity contribution < 1.29 is 4.74 Å². The van der Waals surface area contributed by atoms with Crippen molar-refractivity contribution in [3.63, 3.8) is 0 Å². The van der Waals surface area contributed by atoms with Gasteiger partial charge in [-0.25, -0.2) is 0 Å². The third-order valence-electron chi connectivity index (χ3n) is 2.80. The van der Waals surface area contributed by atoms with Gasteiger partial charge in [0.1, 0.15) is 5.75 Å². The fourth-order valence-electron chi connectivity index (χ4n) is 1.83. The van der Waals surface area contributed by atoms with Crippen molar-refractivity contribution in [1.29, 1.82) is 0 Å². The molecule has 20 heavy (non-hydrogen) atoms. The van der Waals surface area contributed by atoms with Crippen LogP contribution in [-0.2, 0) is 6.54 Å². The lowest BCUT2D eigenvalue weighted by Gasteiger charge is -2.14. The molecule has 1 aromatic rings. The zero-order valence-corrected chi connectivity index (χ0v) is 15.1. The highest BCUT2D eigenvalue weighted by Crippen LogP contribution is 2.29. The Morgan fingerprint density at radius 2 is 2.15 bits per heavy atom. The van der Waals surface area contributed by atoms with Crippen molar-refractivity contribution in [2.45, 2.75) is 33.7 Å². The summed E-state index contributed by atoms with van der Waals surface area (Å²) in [6.45, 7) is 9.30. The molecule has 0 amide bonds. The van der Waals surface area contributed by atoms with Crippen molar-refractivity contribution in [2.75, 3.05) is 24.7 Å². The number of halogens is 1. The summed E-state index contributed by atoms with van der Waals surface area (Å²) in [7, 11) is 0. The van der Waals surface area contributed by atoms with Gasteiger partial charge in [-0.05, 0) is 52.4 Å².